The average molecular weight is 349 g/mol. The van der Waals surface area contributed by atoms with Crippen molar-refractivity contribution in [2.75, 3.05) is 0 Å². The number of benzene rings is 2. The summed E-state index contributed by atoms with van der Waals surface area (Å²) in [5.41, 5.74) is 2.91. The molecular formula is C22H24FN3. The number of nitriles is 1. The summed E-state index contributed by atoms with van der Waals surface area (Å²) in [7, 11) is 0. The first-order valence-electron chi connectivity index (χ1n) is 9.08. The number of aryl methyl sites for hydroxylation is 1. The van der Waals surface area contributed by atoms with E-state index in [0.717, 1.165) is 12.0 Å². The fourth-order valence-corrected chi connectivity index (χ4v) is 2.61. The second kappa shape index (κ2) is 10.9. The lowest BCUT2D eigenvalue weighted by Crippen LogP contribution is -1.88. The zero-order valence-corrected chi connectivity index (χ0v) is 15.2. The highest BCUT2D eigenvalue weighted by atomic mass is 19.1. The van der Waals surface area contributed by atoms with Gasteiger partial charge in [-0.15, -0.1) is 0 Å². The van der Waals surface area contributed by atoms with Gasteiger partial charge >= 0.3 is 0 Å². The van der Waals surface area contributed by atoms with Crippen LogP contribution < -0.4 is 0 Å². The average Bonchev–Trinajstić information content (AvgIpc) is 2.66. The van der Waals surface area contributed by atoms with Crippen molar-refractivity contribution < 1.29 is 4.39 Å². The molecule has 0 fully saturated rings. The van der Waals surface area contributed by atoms with Crippen molar-refractivity contribution >= 4 is 12.4 Å². The first-order chi connectivity index (χ1) is 12.7. The van der Waals surface area contributed by atoms with Crippen molar-refractivity contribution in [2.45, 2.75) is 45.4 Å². The van der Waals surface area contributed by atoms with Crippen molar-refractivity contribution in [1.82, 2.24) is 0 Å². The maximum absolute atomic E-state index is 13.5. The van der Waals surface area contributed by atoms with Crippen molar-refractivity contribution in [3.8, 4) is 6.07 Å². The molecule has 0 spiro atoms. The van der Waals surface area contributed by atoms with Crippen LogP contribution in [-0.4, -0.2) is 12.4 Å². The van der Waals surface area contributed by atoms with Gasteiger partial charge in [0.2, 0.25) is 0 Å². The van der Waals surface area contributed by atoms with E-state index in [1.54, 1.807) is 18.4 Å². The van der Waals surface area contributed by atoms with Crippen LogP contribution in [0, 0.1) is 17.1 Å². The summed E-state index contributed by atoms with van der Waals surface area (Å²) in [6.07, 6.45) is 10.7. The summed E-state index contributed by atoms with van der Waals surface area (Å²) in [6, 6.07) is 14.4. The van der Waals surface area contributed by atoms with Gasteiger partial charge in [0.1, 0.15) is 11.9 Å². The van der Waals surface area contributed by atoms with Gasteiger partial charge in [-0.25, -0.2) is 4.39 Å². The normalized spacial score (nSPS) is 11.3. The molecule has 0 amide bonds. The van der Waals surface area contributed by atoms with Gasteiger partial charge in [-0.05, 0) is 41.7 Å². The Hall–Kier alpha value is -2.80. The molecule has 0 atom stereocenters. The molecule has 2 aromatic rings. The van der Waals surface area contributed by atoms with E-state index in [2.05, 4.69) is 29.3 Å². The summed E-state index contributed by atoms with van der Waals surface area (Å²) in [4.78, 5) is 0. The molecule has 0 heterocycles. The highest BCUT2D eigenvalue weighted by Crippen LogP contribution is 2.10. The highest BCUT2D eigenvalue weighted by Gasteiger charge is 2.00. The van der Waals surface area contributed by atoms with Crippen LogP contribution in [0.5, 0.6) is 0 Å². The summed E-state index contributed by atoms with van der Waals surface area (Å²) in [5.74, 6) is -0.550. The molecule has 3 nitrogen and oxygen atoms in total. The van der Waals surface area contributed by atoms with Crippen LogP contribution in [0.15, 0.2) is 52.7 Å². The molecule has 4 heteroatoms. The third kappa shape index (κ3) is 6.60. The van der Waals surface area contributed by atoms with E-state index in [1.165, 1.54) is 56.0 Å². The summed E-state index contributed by atoms with van der Waals surface area (Å²) < 4.78 is 13.5. The van der Waals surface area contributed by atoms with Crippen LogP contribution >= 0.6 is 0 Å². The third-order valence-electron chi connectivity index (χ3n) is 4.14. The van der Waals surface area contributed by atoms with E-state index in [0.29, 0.717) is 5.56 Å². The maximum Gasteiger partial charge on any atom is 0.141 e. The SMILES string of the molecule is CCCCCCCc1ccc(C=NN=Cc2ccc(C#N)c(F)c2)cc1. The van der Waals surface area contributed by atoms with Crippen LogP contribution in [0.2, 0.25) is 0 Å². The van der Waals surface area contributed by atoms with Gasteiger partial charge in [0.25, 0.3) is 0 Å². The van der Waals surface area contributed by atoms with E-state index in [9.17, 15) is 4.39 Å². The highest BCUT2D eigenvalue weighted by molar-refractivity contribution is 5.82. The fraction of sp³-hybridized carbons (Fsp3) is 0.318. The minimum Gasteiger partial charge on any atom is -0.206 e. The monoisotopic (exact) mass is 349 g/mol. The maximum atomic E-state index is 13.5. The predicted molar refractivity (Wildman–Crippen MR) is 105 cm³/mol. The Kier molecular flexibility index (Phi) is 8.21. The Morgan fingerprint density at radius 1 is 0.923 bits per heavy atom. The first-order valence-corrected chi connectivity index (χ1v) is 9.08. The molecule has 0 aliphatic heterocycles. The van der Waals surface area contributed by atoms with Gasteiger partial charge in [0.05, 0.1) is 18.0 Å². The molecule has 0 saturated carbocycles. The van der Waals surface area contributed by atoms with E-state index >= 15 is 0 Å². The molecule has 0 aliphatic rings. The van der Waals surface area contributed by atoms with Crippen LogP contribution in [-0.2, 0) is 6.42 Å². The summed E-state index contributed by atoms with van der Waals surface area (Å²) >= 11 is 0. The molecule has 0 radical (unpaired) electrons. The van der Waals surface area contributed by atoms with Crippen molar-refractivity contribution in [2.24, 2.45) is 10.2 Å². The summed E-state index contributed by atoms with van der Waals surface area (Å²) in [5, 5.41) is 16.6. The van der Waals surface area contributed by atoms with Crippen LogP contribution in [0.1, 0.15) is 61.3 Å². The molecule has 0 saturated heterocycles. The standard InChI is InChI=1S/C22H24FN3/c1-2-3-4-5-6-7-18-8-10-19(11-9-18)16-25-26-17-20-12-13-21(15-24)22(23)14-20/h8-14,16-17H,2-7H2,1H3. The molecule has 0 aromatic heterocycles. The van der Waals surface area contributed by atoms with Crippen molar-refractivity contribution in [3.63, 3.8) is 0 Å². The summed E-state index contributed by atoms with van der Waals surface area (Å²) in [6.45, 7) is 2.23. The molecule has 0 aliphatic carbocycles. The molecular weight excluding hydrogens is 325 g/mol. The van der Waals surface area contributed by atoms with Gasteiger partial charge < -0.3 is 0 Å². The van der Waals surface area contributed by atoms with Gasteiger partial charge in [-0.2, -0.15) is 15.5 Å². The molecule has 134 valence electrons. The Morgan fingerprint density at radius 3 is 2.23 bits per heavy atom. The minimum absolute atomic E-state index is 0.0242. The Labute approximate surface area is 154 Å². The van der Waals surface area contributed by atoms with E-state index in [-0.39, 0.29) is 5.56 Å². The number of nitrogens with zero attached hydrogens (tertiary/aromatic N) is 3. The first kappa shape index (κ1) is 19.5. The van der Waals surface area contributed by atoms with Crippen LogP contribution in [0.3, 0.4) is 0 Å². The second-order valence-electron chi connectivity index (χ2n) is 6.25. The fourth-order valence-electron chi connectivity index (χ4n) is 2.61. The van der Waals surface area contributed by atoms with Gasteiger partial charge in [-0.3, -0.25) is 0 Å². The number of rotatable bonds is 9. The largest absolute Gasteiger partial charge is 0.206 e. The predicted octanol–water partition coefficient (Wildman–Crippen LogP) is 5.66. The Balaban J connectivity index is 1.82. The van der Waals surface area contributed by atoms with Gasteiger partial charge in [0, 0.05) is 0 Å². The second-order valence-corrected chi connectivity index (χ2v) is 6.25. The smallest absolute Gasteiger partial charge is 0.141 e. The lowest BCUT2D eigenvalue weighted by molar-refractivity contribution is 0.623. The Bertz CT molecular complexity index is 786. The molecule has 2 aromatic carbocycles. The molecule has 0 unspecified atom stereocenters. The van der Waals surface area contributed by atoms with Gasteiger partial charge in [-0.1, -0.05) is 62.9 Å². The van der Waals surface area contributed by atoms with Crippen molar-refractivity contribution in [1.29, 1.82) is 5.26 Å². The van der Waals surface area contributed by atoms with Crippen LogP contribution in [0.25, 0.3) is 0 Å². The topological polar surface area (TPSA) is 48.5 Å². The molecule has 0 N–H and O–H groups in total. The lowest BCUT2D eigenvalue weighted by Gasteiger charge is -2.02. The van der Waals surface area contributed by atoms with Crippen LogP contribution in [0.4, 0.5) is 4.39 Å². The number of halogens is 1. The van der Waals surface area contributed by atoms with E-state index in [1.807, 2.05) is 12.1 Å². The number of unbranched alkanes of at least 4 members (excludes halogenated alkanes) is 4. The molecule has 26 heavy (non-hydrogen) atoms. The van der Waals surface area contributed by atoms with Gasteiger partial charge in [0.15, 0.2) is 0 Å². The number of hydrogen-bond acceptors (Lipinski definition) is 3. The zero-order chi connectivity index (χ0) is 18.6. The van der Waals surface area contributed by atoms with Crippen molar-refractivity contribution in [3.05, 3.63) is 70.5 Å². The molecule has 2 rings (SSSR count). The third-order valence-corrected chi connectivity index (χ3v) is 4.14. The zero-order valence-electron chi connectivity index (χ0n) is 15.2. The number of hydrogen-bond donors (Lipinski definition) is 0. The lowest BCUT2D eigenvalue weighted by atomic mass is 10.0. The van der Waals surface area contributed by atoms with E-state index < -0.39 is 5.82 Å². The minimum atomic E-state index is -0.550. The quantitative estimate of drug-likeness (QED) is 0.327. The Morgan fingerprint density at radius 2 is 1.58 bits per heavy atom. The molecule has 0 bridgehead atoms. The van der Waals surface area contributed by atoms with E-state index in [4.69, 9.17) is 5.26 Å².